The van der Waals surface area contributed by atoms with E-state index in [0.29, 0.717) is 6.04 Å². The molecule has 1 atom stereocenters. The van der Waals surface area contributed by atoms with Gasteiger partial charge in [0, 0.05) is 6.04 Å². The van der Waals surface area contributed by atoms with Crippen molar-refractivity contribution in [3.8, 4) is 0 Å². The minimum Gasteiger partial charge on any atom is -0.328 e. The normalized spacial score (nSPS) is 13.6. The maximum atomic E-state index is 5.65. The zero-order valence-electron chi connectivity index (χ0n) is 9.47. The van der Waals surface area contributed by atoms with Gasteiger partial charge < -0.3 is 11.1 Å². The van der Waals surface area contributed by atoms with E-state index in [9.17, 15) is 0 Å². The molecule has 0 saturated carbocycles. The lowest BCUT2D eigenvalue weighted by molar-refractivity contribution is 0.513. The molecule has 0 spiro atoms. The van der Waals surface area contributed by atoms with Crippen molar-refractivity contribution in [2.45, 2.75) is 52.5 Å². The van der Waals surface area contributed by atoms with Gasteiger partial charge in [-0.25, -0.2) is 0 Å². The van der Waals surface area contributed by atoms with Gasteiger partial charge in [0.15, 0.2) is 0 Å². The van der Waals surface area contributed by atoms with Gasteiger partial charge in [-0.1, -0.05) is 13.8 Å². The van der Waals surface area contributed by atoms with Crippen LogP contribution in [0.25, 0.3) is 0 Å². The monoisotopic (exact) mass is 186 g/mol. The third kappa shape index (κ3) is 11.9. The summed E-state index contributed by atoms with van der Waals surface area (Å²) in [6, 6.07) is 0.359. The number of hydrogen-bond donors (Lipinski definition) is 2. The third-order valence-corrected chi connectivity index (χ3v) is 2.15. The molecule has 2 heteroatoms. The van der Waals surface area contributed by atoms with Crippen LogP contribution in [0, 0.1) is 5.92 Å². The van der Waals surface area contributed by atoms with Crippen LogP contribution in [-0.4, -0.2) is 19.1 Å². The molecule has 0 aliphatic rings. The van der Waals surface area contributed by atoms with E-state index in [0.717, 1.165) is 25.4 Å². The molecule has 0 aromatic rings. The molecule has 1 unspecified atom stereocenters. The summed E-state index contributed by atoms with van der Waals surface area (Å²) in [5.41, 5.74) is 5.65. The van der Waals surface area contributed by atoms with Crippen molar-refractivity contribution < 1.29 is 0 Å². The smallest absolute Gasteiger partial charge is 0.00109 e. The molecule has 0 aromatic carbocycles. The average molecular weight is 186 g/mol. The second-order valence-corrected chi connectivity index (χ2v) is 4.41. The van der Waals surface area contributed by atoms with Crippen molar-refractivity contribution in [3.63, 3.8) is 0 Å². The predicted octanol–water partition coefficient (Wildman–Crippen LogP) is 2.14. The minimum atomic E-state index is 0.359. The van der Waals surface area contributed by atoms with Gasteiger partial charge in [-0.3, -0.25) is 0 Å². The van der Waals surface area contributed by atoms with Crippen LogP contribution in [-0.2, 0) is 0 Å². The topological polar surface area (TPSA) is 38.0 Å². The van der Waals surface area contributed by atoms with Gasteiger partial charge in [0.05, 0.1) is 0 Å². The zero-order valence-corrected chi connectivity index (χ0v) is 9.47. The van der Waals surface area contributed by atoms with Crippen molar-refractivity contribution >= 4 is 0 Å². The Bertz CT molecular complexity index is 88.3. The molecule has 0 aliphatic heterocycles. The lowest BCUT2D eigenvalue weighted by atomic mass is 10.1. The first-order valence-electron chi connectivity index (χ1n) is 5.59. The second kappa shape index (κ2) is 8.52. The zero-order chi connectivity index (χ0) is 10.1. The summed E-state index contributed by atoms with van der Waals surface area (Å²) in [5.74, 6) is 0.839. The average Bonchev–Trinajstić information content (AvgIpc) is 2.01. The molecule has 0 heterocycles. The van der Waals surface area contributed by atoms with Crippen LogP contribution in [0.1, 0.15) is 46.5 Å². The van der Waals surface area contributed by atoms with E-state index in [2.05, 4.69) is 26.1 Å². The summed E-state index contributed by atoms with van der Waals surface area (Å²) >= 11 is 0. The standard InChI is InChI=1S/C11H26N2/c1-10(2)6-4-8-13-9-5-7-11(3)12/h10-11,13H,4-9,12H2,1-3H3. The van der Waals surface area contributed by atoms with E-state index in [-0.39, 0.29) is 0 Å². The van der Waals surface area contributed by atoms with Crippen LogP contribution >= 0.6 is 0 Å². The molecule has 80 valence electrons. The Hall–Kier alpha value is -0.0800. The molecule has 13 heavy (non-hydrogen) atoms. The first-order chi connectivity index (χ1) is 6.13. The van der Waals surface area contributed by atoms with Crippen molar-refractivity contribution in [3.05, 3.63) is 0 Å². The lowest BCUT2D eigenvalue weighted by Gasteiger charge is -2.07. The van der Waals surface area contributed by atoms with Crippen LogP contribution < -0.4 is 11.1 Å². The van der Waals surface area contributed by atoms with E-state index in [1.807, 2.05) is 0 Å². The molecule has 0 radical (unpaired) electrons. The largest absolute Gasteiger partial charge is 0.328 e. The van der Waals surface area contributed by atoms with Crippen molar-refractivity contribution in [1.29, 1.82) is 0 Å². The van der Waals surface area contributed by atoms with E-state index < -0.39 is 0 Å². The van der Waals surface area contributed by atoms with E-state index in [1.54, 1.807) is 0 Å². The fraction of sp³-hybridized carbons (Fsp3) is 1.00. The molecule has 2 nitrogen and oxygen atoms in total. The second-order valence-electron chi connectivity index (χ2n) is 4.41. The Labute approximate surface area is 83.3 Å². The van der Waals surface area contributed by atoms with E-state index in [1.165, 1.54) is 19.3 Å². The van der Waals surface area contributed by atoms with Gasteiger partial charge in [0.25, 0.3) is 0 Å². The highest BCUT2D eigenvalue weighted by Gasteiger charge is 1.95. The maximum absolute atomic E-state index is 5.65. The summed E-state index contributed by atoms with van der Waals surface area (Å²) in [5, 5.41) is 3.44. The lowest BCUT2D eigenvalue weighted by Crippen LogP contribution is -2.21. The number of rotatable bonds is 8. The highest BCUT2D eigenvalue weighted by molar-refractivity contribution is 4.56. The third-order valence-electron chi connectivity index (χ3n) is 2.15. The van der Waals surface area contributed by atoms with E-state index >= 15 is 0 Å². The summed E-state index contributed by atoms with van der Waals surface area (Å²) in [7, 11) is 0. The first-order valence-corrected chi connectivity index (χ1v) is 5.59. The summed E-state index contributed by atoms with van der Waals surface area (Å²) in [4.78, 5) is 0. The van der Waals surface area contributed by atoms with Crippen molar-refractivity contribution in [2.24, 2.45) is 11.7 Å². The molecule has 3 N–H and O–H groups in total. The van der Waals surface area contributed by atoms with Gasteiger partial charge in [-0.05, 0) is 51.6 Å². The first kappa shape index (κ1) is 12.9. The summed E-state index contributed by atoms with van der Waals surface area (Å²) in [6.07, 6.45) is 4.98. The molecule has 0 saturated heterocycles. The highest BCUT2D eigenvalue weighted by Crippen LogP contribution is 2.01. The SMILES string of the molecule is CC(C)CCCNCCCC(C)N. The van der Waals surface area contributed by atoms with Crippen LogP contribution in [0.5, 0.6) is 0 Å². The van der Waals surface area contributed by atoms with Gasteiger partial charge in [-0.15, -0.1) is 0 Å². The van der Waals surface area contributed by atoms with Crippen molar-refractivity contribution in [1.82, 2.24) is 5.32 Å². The van der Waals surface area contributed by atoms with Crippen molar-refractivity contribution in [2.75, 3.05) is 13.1 Å². The van der Waals surface area contributed by atoms with Gasteiger partial charge >= 0.3 is 0 Å². The van der Waals surface area contributed by atoms with Gasteiger partial charge in [-0.2, -0.15) is 0 Å². The van der Waals surface area contributed by atoms with Crippen LogP contribution in [0.4, 0.5) is 0 Å². The summed E-state index contributed by atoms with van der Waals surface area (Å²) < 4.78 is 0. The Morgan fingerprint density at radius 3 is 2.00 bits per heavy atom. The van der Waals surface area contributed by atoms with Gasteiger partial charge in [0.2, 0.25) is 0 Å². The molecule has 0 aliphatic carbocycles. The molecular weight excluding hydrogens is 160 g/mol. The van der Waals surface area contributed by atoms with Crippen LogP contribution in [0.2, 0.25) is 0 Å². The number of nitrogens with one attached hydrogen (secondary N) is 1. The summed E-state index contributed by atoms with van der Waals surface area (Å²) in [6.45, 7) is 8.90. The molecule has 0 aromatic heterocycles. The maximum Gasteiger partial charge on any atom is 0.00109 e. The fourth-order valence-electron chi connectivity index (χ4n) is 1.31. The minimum absolute atomic E-state index is 0.359. The number of nitrogens with two attached hydrogens (primary N) is 1. The fourth-order valence-corrected chi connectivity index (χ4v) is 1.31. The van der Waals surface area contributed by atoms with E-state index in [4.69, 9.17) is 5.73 Å². The molecule has 0 rings (SSSR count). The molecule has 0 amide bonds. The highest BCUT2D eigenvalue weighted by atomic mass is 14.8. The van der Waals surface area contributed by atoms with Gasteiger partial charge in [0.1, 0.15) is 0 Å². The van der Waals surface area contributed by atoms with Crippen LogP contribution in [0.3, 0.4) is 0 Å². The van der Waals surface area contributed by atoms with Crippen LogP contribution in [0.15, 0.2) is 0 Å². The molecule has 0 bridgehead atoms. The molecule has 0 fully saturated rings. The quantitative estimate of drug-likeness (QED) is 0.570. The molecular formula is C11H26N2. The Morgan fingerprint density at radius 2 is 1.54 bits per heavy atom. The Morgan fingerprint density at radius 1 is 1.00 bits per heavy atom. The Kier molecular flexibility index (Phi) is 8.46. The number of hydrogen-bond acceptors (Lipinski definition) is 2. The Balaban J connectivity index is 2.92. The predicted molar refractivity (Wildman–Crippen MR) is 59.8 cm³/mol.